The minimum atomic E-state index is -0.267. The van der Waals surface area contributed by atoms with Crippen LogP contribution in [0.4, 0.5) is 0 Å². The standard InChI is InChI=1S/C17H23N5O2/c1-11(2)14(18-17(24)12-8-16(23)21(3)9-12)10-22-15-7-5-4-6-13(15)19-20-22/h4-7,11-12,14H,8-10H2,1-3H3,(H,18,24)/t12-,14-/m1/s1. The highest BCUT2D eigenvalue weighted by Crippen LogP contribution is 2.18. The minimum Gasteiger partial charge on any atom is -0.351 e. The highest BCUT2D eigenvalue weighted by Gasteiger charge is 2.33. The third-order valence-electron chi connectivity index (χ3n) is 4.63. The predicted molar refractivity (Wildman–Crippen MR) is 90.0 cm³/mol. The third kappa shape index (κ3) is 3.25. The van der Waals surface area contributed by atoms with E-state index in [4.69, 9.17) is 0 Å². The summed E-state index contributed by atoms with van der Waals surface area (Å²) in [5.74, 6) is -0.0580. The summed E-state index contributed by atoms with van der Waals surface area (Å²) in [6, 6.07) is 7.70. The van der Waals surface area contributed by atoms with Crippen molar-refractivity contribution in [3.05, 3.63) is 24.3 Å². The van der Waals surface area contributed by atoms with E-state index in [2.05, 4.69) is 29.5 Å². The van der Waals surface area contributed by atoms with E-state index in [0.29, 0.717) is 19.5 Å². The number of likely N-dealkylation sites (tertiary alicyclic amines) is 1. The average molecular weight is 329 g/mol. The second-order valence-electron chi connectivity index (χ2n) is 6.79. The van der Waals surface area contributed by atoms with Gasteiger partial charge in [0, 0.05) is 20.0 Å². The van der Waals surface area contributed by atoms with Gasteiger partial charge in [-0.1, -0.05) is 31.2 Å². The van der Waals surface area contributed by atoms with Crippen molar-refractivity contribution in [1.82, 2.24) is 25.2 Å². The summed E-state index contributed by atoms with van der Waals surface area (Å²) in [5.41, 5.74) is 1.79. The first-order chi connectivity index (χ1) is 11.5. The van der Waals surface area contributed by atoms with Gasteiger partial charge in [0.1, 0.15) is 5.52 Å². The average Bonchev–Trinajstić information content (AvgIpc) is 3.11. The molecule has 1 aliphatic heterocycles. The Morgan fingerprint density at radius 1 is 1.38 bits per heavy atom. The fourth-order valence-corrected chi connectivity index (χ4v) is 3.00. The van der Waals surface area contributed by atoms with Crippen LogP contribution in [0.25, 0.3) is 11.0 Å². The van der Waals surface area contributed by atoms with Crippen molar-refractivity contribution < 1.29 is 9.59 Å². The monoisotopic (exact) mass is 329 g/mol. The molecule has 24 heavy (non-hydrogen) atoms. The first-order valence-electron chi connectivity index (χ1n) is 8.28. The number of carbonyl (C=O) groups is 2. The van der Waals surface area contributed by atoms with Gasteiger partial charge in [0.25, 0.3) is 0 Å². The Kier molecular flexibility index (Phi) is 4.51. The molecule has 7 heteroatoms. The lowest BCUT2D eigenvalue weighted by molar-refractivity contribution is -0.128. The lowest BCUT2D eigenvalue weighted by Crippen LogP contribution is -2.44. The van der Waals surface area contributed by atoms with Crippen LogP contribution in [0.2, 0.25) is 0 Å². The van der Waals surface area contributed by atoms with E-state index >= 15 is 0 Å². The van der Waals surface area contributed by atoms with E-state index in [1.807, 2.05) is 28.9 Å². The molecule has 1 aliphatic rings. The number of nitrogens with zero attached hydrogens (tertiary/aromatic N) is 4. The number of hydrogen-bond acceptors (Lipinski definition) is 4. The number of para-hydroxylation sites is 1. The zero-order chi connectivity index (χ0) is 17.3. The molecular weight excluding hydrogens is 306 g/mol. The van der Waals surface area contributed by atoms with E-state index in [-0.39, 0.29) is 29.7 Å². The fraction of sp³-hybridized carbons (Fsp3) is 0.529. The van der Waals surface area contributed by atoms with Gasteiger partial charge >= 0.3 is 0 Å². The Balaban J connectivity index is 1.71. The summed E-state index contributed by atoms with van der Waals surface area (Å²) < 4.78 is 1.83. The van der Waals surface area contributed by atoms with E-state index < -0.39 is 0 Å². The normalized spacial score (nSPS) is 19.2. The van der Waals surface area contributed by atoms with Gasteiger partial charge in [-0.15, -0.1) is 5.10 Å². The smallest absolute Gasteiger partial charge is 0.225 e. The van der Waals surface area contributed by atoms with Gasteiger partial charge in [-0.25, -0.2) is 4.68 Å². The molecule has 2 amide bonds. The maximum absolute atomic E-state index is 12.5. The third-order valence-corrected chi connectivity index (χ3v) is 4.63. The molecule has 1 fully saturated rings. The van der Waals surface area contributed by atoms with Crippen LogP contribution in [0.15, 0.2) is 24.3 Å². The van der Waals surface area contributed by atoms with Gasteiger partial charge in [0.05, 0.1) is 24.0 Å². The van der Waals surface area contributed by atoms with E-state index in [9.17, 15) is 9.59 Å². The Morgan fingerprint density at radius 2 is 2.12 bits per heavy atom. The molecule has 0 aliphatic carbocycles. The van der Waals surface area contributed by atoms with Crippen molar-refractivity contribution in [1.29, 1.82) is 0 Å². The quantitative estimate of drug-likeness (QED) is 0.889. The summed E-state index contributed by atoms with van der Waals surface area (Å²) in [6.45, 7) is 5.17. The Bertz CT molecular complexity index is 754. The highest BCUT2D eigenvalue weighted by molar-refractivity contribution is 5.89. The molecule has 128 valence electrons. The molecule has 0 spiro atoms. The van der Waals surface area contributed by atoms with E-state index in [0.717, 1.165) is 11.0 Å². The molecular formula is C17H23N5O2. The van der Waals surface area contributed by atoms with Crippen LogP contribution in [-0.4, -0.2) is 51.3 Å². The first kappa shape index (κ1) is 16.4. The van der Waals surface area contributed by atoms with Crippen molar-refractivity contribution >= 4 is 22.8 Å². The minimum absolute atomic E-state index is 0.0264. The molecule has 2 atom stereocenters. The number of benzene rings is 1. The zero-order valence-corrected chi connectivity index (χ0v) is 14.3. The molecule has 0 saturated carbocycles. The van der Waals surface area contributed by atoms with Crippen LogP contribution in [-0.2, 0) is 16.1 Å². The summed E-state index contributed by atoms with van der Waals surface area (Å²) in [7, 11) is 1.73. The van der Waals surface area contributed by atoms with Crippen LogP contribution >= 0.6 is 0 Å². The summed E-state index contributed by atoms with van der Waals surface area (Å²) in [4.78, 5) is 25.8. The number of fused-ring (bicyclic) bond motifs is 1. The molecule has 2 aromatic rings. The zero-order valence-electron chi connectivity index (χ0n) is 14.3. The lowest BCUT2D eigenvalue weighted by Gasteiger charge is -2.24. The molecule has 0 bridgehead atoms. The Morgan fingerprint density at radius 3 is 2.79 bits per heavy atom. The van der Waals surface area contributed by atoms with Crippen LogP contribution in [0.3, 0.4) is 0 Å². The largest absolute Gasteiger partial charge is 0.351 e. The highest BCUT2D eigenvalue weighted by atomic mass is 16.2. The summed E-state index contributed by atoms with van der Waals surface area (Å²) in [6.07, 6.45) is 0.291. The van der Waals surface area contributed by atoms with Gasteiger partial charge in [-0.3, -0.25) is 9.59 Å². The lowest BCUT2D eigenvalue weighted by atomic mass is 10.0. The number of rotatable bonds is 5. The van der Waals surface area contributed by atoms with Gasteiger partial charge in [-0.2, -0.15) is 0 Å². The van der Waals surface area contributed by atoms with Crippen LogP contribution in [0.1, 0.15) is 20.3 Å². The number of amides is 2. The van der Waals surface area contributed by atoms with E-state index in [1.54, 1.807) is 11.9 Å². The van der Waals surface area contributed by atoms with Crippen LogP contribution in [0, 0.1) is 11.8 Å². The van der Waals surface area contributed by atoms with Crippen molar-refractivity contribution in [2.75, 3.05) is 13.6 Å². The van der Waals surface area contributed by atoms with Crippen LogP contribution < -0.4 is 5.32 Å². The second kappa shape index (κ2) is 6.59. The number of nitrogens with one attached hydrogen (secondary N) is 1. The number of carbonyl (C=O) groups excluding carboxylic acids is 2. The van der Waals surface area contributed by atoms with Gasteiger partial charge in [-0.05, 0) is 18.1 Å². The predicted octanol–water partition coefficient (Wildman–Crippen LogP) is 1.05. The van der Waals surface area contributed by atoms with E-state index in [1.165, 1.54) is 0 Å². The van der Waals surface area contributed by atoms with Gasteiger partial charge < -0.3 is 10.2 Å². The molecule has 0 unspecified atom stereocenters. The van der Waals surface area contributed by atoms with Crippen molar-refractivity contribution in [2.24, 2.45) is 11.8 Å². The summed E-state index contributed by atoms with van der Waals surface area (Å²) in [5, 5.41) is 11.5. The second-order valence-corrected chi connectivity index (χ2v) is 6.79. The SMILES string of the molecule is CC(C)[C@@H](Cn1nnc2ccccc21)NC(=O)[C@@H]1CC(=O)N(C)C1. The molecule has 1 aromatic carbocycles. The molecule has 1 aromatic heterocycles. The molecule has 1 saturated heterocycles. The maximum atomic E-state index is 12.5. The molecule has 2 heterocycles. The fourth-order valence-electron chi connectivity index (χ4n) is 3.00. The first-order valence-corrected chi connectivity index (χ1v) is 8.28. The number of hydrogen-bond donors (Lipinski definition) is 1. The Hall–Kier alpha value is -2.44. The molecule has 7 nitrogen and oxygen atoms in total. The van der Waals surface area contributed by atoms with Crippen LogP contribution in [0.5, 0.6) is 0 Å². The van der Waals surface area contributed by atoms with Gasteiger partial charge in [0.15, 0.2) is 0 Å². The van der Waals surface area contributed by atoms with Gasteiger partial charge in [0.2, 0.25) is 11.8 Å². The number of aromatic nitrogens is 3. The molecule has 3 rings (SSSR count). The Labute approximate surface area is 141 Å². The molecule has 0 radical (unpaired) electrons. The van der Waals surface area contributed by atoms with Crippen molar-refractivity contribution in [3.63, 3.8) is 0 Å². The topological polar surface area (TPSA) is 80.1 Å². The summed E-state index contributed by atoms with van der Waals surface area (Å²) >= 11 is 0. The maximum Gasteiger partial charge on any atom is 0.225 e. The van der Waals surface area contributed by atoms with Crippen molar-refractivity contribution in [2.45, 2.75) is 32.9 Å². The van der Waals surface area contributed by atoms with Crippen molar-refractivity contribution in [3.8, 4) is 0 Å². The molecule has 1 N–H and O–H groups in total.